The summed E-state index contributed by atoms with van der Waals surface area (Å²) in [6.07, 6.45) is 0.602. The lowest BCUT2D eigenvalue weighted by Crippen LogP contribution is -2.58. The molecule has 3 rings (SSSR count). The van der Waals surface area contributed by atoms with Crippen LogP contribution in [0.3, 0.4) is 0 Å². The zero-order valence-corrected chi connectivity index (χ0v) is 11.3. The van der Waals surface area contributed by atoms with Crippen molar-refractivity contribution in [2.24, 2.45) is 0 Å². The number of nitrogens with one attached hydrogen (secondary N) is 1. The highest BCUT2D eigenvalue weighted by Crippen LogP contribution is 2.25. The number of benzene rings is 2. The van der Waals surface area contributed by atoms with E-state index in [0.29, 0.717) is 6.42 Å². The summed E-state index contributed by atoms with van der Waals surface area (Å²) >= 11 is 0. The normalized spacial score (nSPS) is 19.2. The molecule has 4 heteroatoms. The second-order valence-corrected chi connectivity index (χ2v) is 4.94. The zero-order valence-electron chi connectivity index (χ0n) is 11.3. The Labute approximate surface area is 117 Å². The Morgan fingerprint density at radius 2 is 1.90 bits per heavy atom. The van der Waals surface area contributed by atoms with Crippen molar-refractivity contribution in [1.29, 1.82) is 0 Å². The molecule has 2 aromatic rings. The van der Waals surface area contributed by atoms with E-state index in [4.69, 9.17) is 0 Å². The maximum absolute atomic E-state index is 12.2. The van der Waals surface area contributed by atoms with Crippen LogP contribution in [-0.2, 0) is 9.59 Å². The van der Waals surface area contributed by atoms with Gasteiger partial charge in [0, 0.05) is 5.69 Å². The summed E-state index contributed by atoms with van der Waals surface area (Å²) in [7, 11) is 0. The minimum atomic E-state index is -0.419. The van der Waals surface area contributed by atoms with Crippen LogP contribution in [0.2, 0.25) is 0 Å². The minimum Gasteiger partial charge on any atom is -0.345 e. The number of fused-ring (bicyclic) bond motifs is 1. The second-order valence-electron chi connectivity index (χ2n) is 4.94. The van der Waals surface area contributed by atoms with Crippen molar-refractivity contribution in [3.05, 3.63) is 42.5 Å². The van der Waals surface area contributed by atoms with Crippen LogP contribution >= 0.6 is 0 Å². The molecule has 0 spiro atoms. The molecule has 102 valence electrons. The van der Waals surface area contributed by atoms with E-state index >= 15 is 0 Å². The van der Waals surface area contributed by atoms with Gasteiger partial charge >= 0.3 is 0 Å². The molecule has 2 amide bonds. The van der Waals surface area contributed by atoms with Gasteiger partial charge in [0.25, 0.3) is 0 Å². The molecule has 2 aromatic carbocycles. The largest absolute Gasteiger partial charge is 0.345 e. The monoisotopic (exact) mass is 268 g/mol. The summed E-state index contributed by atoms with van der Waals surface area (Å²) in [6, 6.07) is 13.4. The summed E-state index contributed by atoms with van der Waals surface area (Å²) < 4.78 is 0. The second kappa shape index (κ2) is 4.96. The molecule has 1 unspecified atom stereocenters. The zero-order chi connectivity index (χ0) is 14.1. The number of piperazine rings is 1. The fraction of sp³-hybridized carbons (Fsp3) is 0.250. The van der Waals surface area contributed by atoms with Gasteiger partial charge < -0.3 is 5.32 Å². The Kier molecular flexibility index (Phi) is 3.14. The quantitative estimate of drug-likeness (QED) is 0.906. The Hall–Kier alpha value is -2.36. The van der Waals surface area contributed by atoms with E-state index in [0.717, 1.165) is 16.5 Å². The van der Waals surface area contributed by atoms with Crippen LogP contribution in [0.1, 0.15) is 13.3 Å². The van der Waals surface area contributed by atoms with Crippen molar-refractivity contribution in [3.63, 3.8) is 0 Å². The number of hydrogen-bond donors (Lipinski definition) is 1. The van der Waals surface area contributed by atoms with Crippen LogP contribution in [0.25, 0.3) is 10.8 Å². The Bertz CT molecular complexity index is 681. The SMILES string of the molecule is CCC1C(=O)NCC(=O)N1c1ccc2ccccc2c1. The van der Waals surface area contributed by atoms with Crippen LogP contribution in [-0.4, -0.2) is 24.4 Å². The predicted molar refractivity (Wildman–Crippen MR) is 78.5 cm³/mol. The third kappa shape index (κ3) is 2.03. The maximum atomic E-state index is 12.2. The first-order valence-electron chi connectivity index (χ1n) is 6.79. The molecule has 0 aromatic heterocycles. The molecule has 20 heavy (non-hydrogen) atoms. The van der Waals surface area contributed by atoms with E-state index in [9.17, 15) is 9.59 Å². The first-order chi connectivity index (χ1) is 9.70. The van der Waals surface area contributed by atoms with E-state index in [-0.39, 0.29) is 18.4 Å². The summed E-state index contributed by atoms with van der Waals surface area (Å²) in [6.45, 7) is 1.99. The lowest BCUT2D eigenvalue weighted by Gasteiger charge is -2.34. The smallest absolute Gasteiger partial charge is 0.247 e. The summed E-state index contributed by atoms with van der Waals surface area (Å²) in [5, 5.41) is 4.83. The number of nitrogens with zero attached hydrogens (tertiary/aromatic N) is 1. The standard InChI is InChI=1S/C16H16N2O2/c1-2-14-16(20)17-10-15(19)18(14)13-8-7-11-5-3-4-6-12(11)9-13/h3-9,14H,2,10H2,1H3,(H,17,20). The Morgan fingerprint density at radius 1 is 1.15 bits per heavy atom. The Balaban J connectivity index is 2.07. The lowest BCUT2D eigenvalue weighted by molar-refractivity contribution is -0.131. The third-order valence-electron chi connectivity index (χ3n) is 3.69. The van der Waals surface area contributed by atoms with Crippen molar-refractivity contribution in [2.75, 3.05) is 11.4 Å². The average Bonchev–Trinajstić information content (AvgIpc) is 2.48. The topological polar surface area (TPSA) is 49.4 Å². The molecule has 0 saturated carbocycles. The molecule has 1 aliphatic heterocycles. The molecule has 1 fully saturated rings. The van der Waals surface area contributed by atoms with Gasteiger partial charge in [0.05, 0.1) is 6.54 Å². The number of hydrogen-bond acceptors (Lipinski definition) is 2. The van der Waals surface area contributed by atoms with E-state index in [1.165, 1.54) is 0 Å². The van der Waals surface area contributed by atoms with Gasteiger partial charge in [-0.15, -0.1) is 0 Å². The van der Waals surface area contributed by atoms with E-state index in [1.807, 2.05) is 49.4 Å². The van der Waals surface area contributed by atoms with E-state index in [2.05, 4.69) is 5.32 Å². The highest BCUT2D eigenvalue weighted by molar-refractivity contribution is 6.07. The van der Waals surface area contributed by atoms with E-state index in [1.54, 1.807) is 4.90 Å². The molecular formula is C16H16N2O2. The molecule has 1 atom stereocenters. The fourth-order valence-electron chi connectivity index (χ4n) is 2.68. The molecule has 0 aliphatic carbocycles. The van der Waals surface area contributed by atoms with Gasteiger partial charge in [0.1, 0.15) is 6.04 Å². The van der Waals surface area contributed by atoms with Crippen LogP contribution in [0.5, 0.6) is 0 Å². The van der Waals surface area contributed by atoms with Gasteiger partial charge in [-0.3, -0.25) is 14.5 Å². The van der Waals surface area contributed by atoms with Gasteiger partial charge in [-0.25, -0.2) is 0 Å². The highest BCUT2D eigenvalue weighted by Gasteiger charge is 2.34. The van der Waals surface area contributed by atoms with Crippen LogP contribution in [0, 0.1) is 0 Å². The van der Waals surface area contributed by atoms with Crippen LogP contribution in [0.15, 0.2) is 42.5 Å². The highest BCUT2D eigenvalue weighted by atomic mass is 16.2. The summed E-state index contributed by atoms with van der Waals surface area (Å²) in [4.78, 5) is 25.7. The summed E-state index contributed by atoms with van der Waals surface area (Å²) in [5.74, 6) is -0.146. The first-order valence-corrected chi connectivity index (χ1v) is 6.79. The average molecular weight is 268 g/mol. The number of amides is 2. The Morgan fingerprint density at radius 3 is 2.65 bits per heavy atom. The van der Waals surface area contributed by atoms with Gasteiger partial charge in [-0.1, -0.05) is 37.3 Å². The number of anilines is 1. The maximum Gasteiger partial charge on any atom is 0.247 e. The molecule has 4 nitrogen and oxygen atoms in total. The van der Waals surface area contributed by atoms with Crippen molar-refractivity contribution >= 4 is 28.3 Å². The molecule has 1 heterocycles. The first kappa shape index (κ1) is 12.7. The predicted octanol–water partition coefficient (Wildman–Crippen LogP) is 2.08. The van der Waals surface area contributed by atoms with Crippen molar-refractivity contribution < 1.29 is 9.59 Å². The molecule has 1 saturated heterocycles. The molecule has 0 radical (unpaired) electrons. The number of rotatable bonds is 2. The van der Waals surface area contributed by atoms with E-state index < -0.39 is 6.04 Å². The molecule has 1 aliphatic rings. The van der Waals surface area contributed by atoms with Crippen molar-refractivity contribution in [3.8, 4) is 0 Å². The van der Waals surface area contributed by atoms with Gasteiger partial charge in [-0.05, 0) is 29.3 Å². The molecular weight excluding hydrogens is 252 g/mol. The van der Waals surface area contributed by atoms with Crippen LogP contribution < -0.4 is 10.2 Å². The fourth-order valence-corrected chi connectivity index (χ4v) is 2.68. The number of carbonyl (C=O) groups excluding carboxylic acids is 2. The lowest BCUT2D eigenvalue weighted by atomic mass is 10.1. The van der Waals surface area contributed by atoms with Crippen LogP contribution in [0.4, 0.5) is 5.69 Å². The summed E-state index contributed by atoms with van der Waals surface area (Å²) in [5.41, 5.74) is 0.787. The molecule has 0 bridgehead atoms. The van der Waals surface area contributed by atoms with Gasteiger partial charge in [0.15, 0.2) is 0 Å². The molecule has 1 N–H and O–H groups in total. The van der Waals surface area contributed by atoms with Crippen molar-refractivity contribution in [1.82, 2.24) is 5.32 Å². The number of carbonyl (C=O) groups is 2. The van der Waals surface area contributed by atoms with Crippen molar-refractivity contribution in [2.45, 2.75) is 19.4 Å². The minimum absolute atomic E-state index is 0.0632. The van der Waals surface area contributed by atoms with Gasteiger partial charge in [-0.2, -0.15) is 0 Å². The third-order valence-corrected chi connectivity index (χ3v) is 3.69. The van der Waals surface area contributed by atoms with Gasteiger partial charge in [0.2, 0.25) is 11.8 Å².